The Morgan fingerprint density at radius 1 is 1.36 bits per heavy atom. The van der Waals surface area contributed by atoms with E-state index < -0.39 is 18.6 Å². The third kappa shape index (κ3) is 4.01. The summed E-state index contributed by atoms with van der Waals surface area (Å²) >= 11 is 0. The normalized spacial score (nSPS) is 13.2. The average Bonchev–Trinajstić information content (AvgIpc) is 3.09. The van der Waals surface area contributed by atoms with Crippen LogP contribution in [0.25, 0.3) is 10.9 Å². The molecule has 1 aromatic carbocycles. The summed E-state index contributed by atoms with van der Waals surface area (Å²) in [6.07, 6.45) is -2.15. The van der Waals surface area contributed by atoms with E-state index in [0.29, 0.717) is 4.68 Å². The van der Waals surface area contributed by atoms with Crippen LogP contribution in [0, 0.1) is 6.92 Å². The second-order valence-corrected chi connectivity index (χ2v) is 6.04. The lowest BCUT2D eigenvalue weighted by atomic mass is 10.1. The van der Waals surface area contributed by atoms with Gasteiger partial charge in [0.15, 0.2) is 0 Å². The van der Waals surface area contributed by atoms with Crippen molar-refractivity contribution in [2.24, 2.45) is 0 Å². The van der Waals surface area contributed by atoms with E-state index in [1.807, 2.05) is 38.1 Å². The fourth-order valence-electron chi connectivity index (χ4n) is 2.68. The van der Waals surface area contributed by atoms with E-state index in [9.17, 15) is 18.0 Å². The Morgan fingerprint density at radius 2 is 2.12 bits per heavy atom. The highest BCUT2D eigenvalue weighted by atomic mass is 19.4. The number of nitrogens with zero attached hydrogens (tertiary/aromatic N) is 2. The molecule has 2 heterocycles. The number of aromatic nitrogens is 3. The van der Waals surface area contributed by atoms with Crippen molar-refractivity contribution >= 4 is 16.8 Å². The highest BCUT2D eigenvalue weighted by Gasteiger charge is 2.28. The van der Waals surface area contributed by atoms with Crippen LogP contribution < -0.4 is 5.32 Å². The molecule has 0 bridgehead atoms. The number of H-pyrrole nitrogens is 1. The molecule has 0 spiro atoms. The number of carbonyl (C=O) groups is 1. The van der Waals surface area contributed by atoms with E-state index in [2.05, 4.69) is 15.4 Å². The molecule has 2 aromatic heterocycles. The number of benzene rings is 1. The van der Waals surface area contributed by atoms with Crippen LogP contribution in [0.3, 0.4) is 0 Å². The summed E-state index contributed by atoms with van der Waals surface area (Å²) in [5.74, 6) is -0.466. The van der Waals surface area contributed by atoms with Gasteiger partial charge < -0.3 is 10.3 Å². The topological polar surface area (TPSA) is 62.7 Å². The second kappa shape index (κ2) is 6.27. The Bertz CT molecular complexity index is 910. The number of aromatic amines is 1. The van der Waals surface area contributed by atoms with Gasteiger partial charge in [-0.05, 0) is 43.0 Å². The van der Waals surface area contributed by atoms with Crippen LogP contribution in [0.15, 0.2) is 36.7 Å². The molecular weight excluding hydrogens is 333 g/mol. The number of hydrogen-bond donors (Lipinski definition) is 2. The van der Waals surface area contributed by atoms with Crippen LogP contribution in [-0.2, 0) is 6.54 Å². The zero-order chi connectivity index (χ0) is 18.2. The average molecular weight is 350 g/mol. The van der Waals surface area contributed by atoms with Crippen molar-refractivity contribution in [1.29, 1.82) is 0 Å². The van der Waals surface area contributed by atoms with Crippen molar-refractivity contribution in [2.45, 2.75) is 32.6 Å². The van der Waals surface area contributed by atoms with E-state index in [-0.39, 0.29) is 11.6 Å². The maximum absolute atomic E-state index is 12.3. The van der Waals surface area contributed by atoms with Gasteiger partial charge in [-0.25, -0.2) is 0 Å². The minimum absolute atomic E-state index is 0.0923. The first-order chi connectivity index (χ1) is 11.7. The molecule has 8 heteroatoms. The van der Waals surface area contributed by atoms with Crippen molar-refractivity contribution in [2.75, 3.05) is 0 Å². The fraction of sp³-hybridized carbons (Fsp3) is 0.294. The number of halogens is 3. The Hall–Kier alpha value is -2.77. The molecule has 132 valence electrons. The number of alkyl halides is 3. The van der Waals surface area contributed by atoms with E-state index in [0.717, 1.165) is 34.6 Å². The maximum atomic E-state index is 12.3. The first-order valence-electron chi connectivity index (χ1n) is 7.70. The van der Waals surface area contributed by atoms with Gasteiger partial charge in [-0.15, -0.1) is 0 Å². The number of aryl methyl sites for hydroxylation is 1. The predicted octanol–water partition coefficient (Wildman–Crippen LogP) is 3.73. The van der Waals surface area contributed by atoms with Gasteiger partial charge in [0, 0.05) is 17.4 Å². The molecule has 1 atom stereocenters. The van der Waals surface area contributed by atoms with E-state index in [4.69, 9.17) is 0 Å². The van der Waals surface area contributed by atoms with Gasteiger partial charge in [0.2, 0.25) is 0 Å². The third-order valence-electron chi connectivity index (χ3n) is 3.86. The van der Waals surface area contributed by atoms with Gasteiger partial charge in [-0.3, -0.25) is 9.48 Å². The van der Waals surface area contributed by atoms with Crippen molar-refractivity contribution in [3.8, 4) is 0 Å². The van der Waals surface area contributed by atoms with Crippen LogP contribution in [0.2, 0.25) is 0 Å². The quantitative estimate of drug-likeness (QED) is 0.753. The maximum Gasteiger partial charge on any atom is 0.408 e. The number of amides is 1. The zero-order valence-electron chi connectivity index (χ0n) is 13.7. The Labute approximate surface area is 141 Å². The number of nitrogens with one attached hydrogen (secondary N) is 2. The molecule has 0 aliphatic carbocycles. The first-order valence-corrected chi connectivity index (χ1v) is 7.70. The second-order valence-electron chi connectivity index (χ2n) is 6.04. The zero-order valence-corrected chi connectivity index (χ0v) is 13.7. The highest BCUT2D eigenvalue weighted by molar-refractivity contribution is 5.94. The molecule has 0 unspecified atom stereocenters. The van der Waals surface area contributed by atoms with Crippen molar-refractivity contribution in [3.05, 3.63) is 53.5 Å². The smallest absolute Gasteiger partial charge is 0.359 e. The molecule has 0 saturated carbocycles. The molecule has 3 aromatic rings. The predicted molar refractivity (Wildman–Crippen MR) is 87.2 cm³/mol. The molecule has 25 heavy (non-hydrogen) atoms. The van der Waals surface area contributed by atoms with Crippen LogP contribution in [0.1, 0.15) is 34.6 Å². The number of rotatable bonds is 4. The van der Waals surface area contributed by atoms with Crippen LogP contribution >= 0.6 is 0 Å². The molecular formula is C17H17F3N4O. The van der Waals surface area contributed by atoms with Gasteiger partial charge in [-0.1, -0.05) is 6.07 Å². The molecule has 5 nitrogen and oxygen atoms in total. The molecule has 0 aliphatic rings. The molecule has 0 saturated heterocycles. The van der Waals surface area contributed by atoms with Crippen molar-refractivity contribution < 1.29 is 18.0 Å². The summed E-state index contributed by atoms with van der Waals surface area (Å²) in [6.45, 7) is 2.56. The lowest BCUT2D eigenvalue weighted by molar-refractivity contribution is -0.142. The fourth-order valence-corrected chi connectivity index (χ4v) is 2.68. The van der Waals surface area contributed by atoms with E-state index >= 15 is 0 Å². The summed E-state index contributed by atoms with van der Waals surface area (Å²) < 4.78 is 37.7. The minimum atomic E-state index is -4.38. The van der Waals surface area contributed by atoms with E-state index in [1.54, 1.807) is 0 Å². The van der Waals surface area contributed by atoms with Crippen molar-refractivity contribution in [3.63, 3.8) is 0 Å². The Morgan fingerprint density at radius 3 is 2.84 bits per heavy atom. The highest BCUT2D eigenvalue weighted by Crippen LogP contribution is 2.21. The summed E-state index contributed by atoms with van der Waals surface area (Å²) in [5, 5.41) is 7.39. The lowest BCUT2D eigenvalue weighted by Crippen LogP contribution is -2.26. The Kier molecular flexibility index (Phi) is 4.28. The summed E-state index contributed by atoms with van der Waals surface area (Å²) in [7, 11) is 0. The SMILES string of the molecule is Cc1cc2cc([C@@H](C)NC(=O)c3cnn(CC(F)(F)F)c3)ccc2[nH]1. The lowest BCUT2D eigenvalue weighted by Gasteiger charge is -2.14. The summed E-state index contributed by atoms with van der Waals surface area (Å²) in [4.78, 5) is 15.4. The van der Waals surface area contributed by atoms with Crippen molar-refractivity contribution in [1.82, 2.24) is 20.1 Å². The summed E-state index contributed by atoms with van der Waals surface area (Å²) in [5.41, 5.74) is 3.05. The molecule has 1 amide bonds. The van der Waals surface area contributed by atoms with Gasteiger partial charge in [0.25, 0.3) is 5.91 Å². The van der Waals surface area contributed by atoms with Crippen LogP contribution in [-0.4, -0.2) is 26.8 Å². The van der Waals surface area contributed by atoms with Gasteiger partial charge in [0.1, 0.15) is 6.54 Å². The van der Waals surface area contributed by atoms with Crippen LogP contribution in [0.4, 0.5) is 13.2 Å². The monoisotopic (exact) mass is 350 g/mol. The standard InChI is InChI=1S/C17H17F3N4O/c1-10-5-13-6-12(3-4-15(13)22-10)11(2)23-16(25)14-7-21-24(8-14)9-17(18,19)20/h3-8,11,22H,9H2,1-2H3,(H,23,25)/t11-/m1/s1. The third-order valence-corrected chi connectivity index (χ3v) is 3.86. The summed E-state index contributed by atoms with van der Waals surface area (Å²) in [6, 6.07) is 7.52. The Balaban J connectivity index is 1.71. The van der Waals surface area contributed by atoms with Crippen LogP contribution in [0.5, 0.6) is 0 Å². The minimum Gasteiger partial charge on any atom is -0.359 e. The molecule has 2 N–H and O–H groups in total. The molecule has 0 fully saturated rings. The molecule has 3 rings (SSSR count). The van der Waals surface area contributed by atoms with Gasteiger partial charge >= 0.3 is 6.18 Å². The first kappa shape index (κ1) is 17.1. The van der Waals surface area contributed by atoms with Gasteiger partial charge in [0.05, 0.1) is 17.8 Å². The van der Waals surface area contributed by atoms with E-state index in [1.165, 1.54) is 0 Å². The molecule has 0 radical (unpaired) electrons. The largest absolute Gasteiger partial charge is 0.408 e. The van der Waals surface area contributed by atoms with Gasteiger partial charge in [-0.2, -0.15) is 18.3 Å². The molecule has 0 aliphatic heterocycles. The number of hydrogen-bond acceptors (Lipinski definition) is 2. The number of carbonyl (C=O) groups excluding carboxylic acids is 1. The number of fused-ring (bicyclic) bond motifs is 1.